The maximum Gasteiger partial charge on any atom is 0.161 e. The normalized spacial score (nSPS) is 16.1. The predicted molar refractivity (Wildman–Crippen MR) is 77.6 cm³/mol. The SMILES string of the molecule is CCOc1ccc(C(N)C2=CCCC2)cc1OCC. The summed E-state index contributed by atoms with van der Waals surface area (Å²) in [4.78, 5) is 0. The van der Waals surface area contributed by atoms with Crippen LogP contribution in [0, 0.1) is 0 Å². The van der Waals surface area contributed by atoms with E-state index in [2.05, 4.69) is 6.08 Å². The van der Waals surface area contributed by atoms with Gasteiger partial charge in [0, 0.05) is 0 Å². The summed E-state index contributed by atoms with van der Waals surface area (Å²) < 4.78 is 11.2. The summed E-state index contributed by atoms with van der Waals surface area (Å²) in [5.74, 6) is 1.58. The van der Waals surface area contributed by atoms with Crippen LogP contribution in [0.5, 0.6) is 11.5 Å². The molecular formula is C16H23NO2. The van der Waals surface area contributed by atoms with Gasteiger partial charge in [0.05, 0.1) is 19.3 Å². The molecule has 1 aliphatic carbocycles. The molecule has 104 valence electrons. The molecule has 19 heavy (non-hydrogen) atoms. The Hall–Kier alpha value is -1.48. The van der Waals surface area contributed by atoms with E-state index in [9.17, 15) is 0 Å². The molecule has 1 aromatic carbocycles. The topological polar surface area (TPSA) is 44.5 Å². The summed E-state index contributed by atoms with van der Waals surface area (Å²) in [6, 6.07) is 5.99. The van der Waals surface area contributed by atoms with E-state index in [4.69, 9.17) is 15.2 Å². The molecule has 0 aliphatic heterocycles. The lowest BCUT2D eigenvalue weighted by Gasteiger charge is -2.17. The molecule has 0 spiro atoms. The lowest BCUT2D eigenvalue weighted by Crippen LogP contribution is -2.12. The van der Waals surface area contributed by atoms with Gasteiger partial charge >= 0.3 is 0 Å². The third-order valence-electron chi connectivity index (χ3n) is 3.40. The predicted octanol–water partition coefficient (Wildman–Crippen LogP) is 3.59. The molecular weight excluding hydrogens is 238 g/mol. The maximum atomic E-state index is 6.32. The molecule has 0 saturated heterocycles. The molecule has 0 aromatic heterocycles. The highest BCUT2D eigenvalue weighted by atomic mass is 16.5. The van der Waals surface area contributed by atoms with Crippen LogP contribution in [0.3, 0.4) is 0 Å². The van der Waals surface area contributed by atoms with Crippen LogP contribution in [0.15, 0.2) is 29.8 Å². The Morgan fingerprint density at radius 3 is 2.53 bits per heavy atom. The van der Waals surface area contributed by atoms with Crippen LogP contribution in [0.1, 0.15) is 44.7 Å². The van der Waals surface area contributed by atoms with Crippen LogP contribution in [-0.4, -0.2) is 13.2 Å². The van der Waals surface area contributed by atoms with Crippen molar-refractivity contribution in [2.24, 2.45) is 5.73 Å². The summed E-state index contributed by atoms with van der Waals surface area (Å²) in [6.45, 7) is 5.21. The minimum atomic E-state index is -0.0163. The van der Waals surface area contributed by atoms with E-state index in [-0.39, 0.29) is 6.04 Å². The first-order chi connectivity index (χ1) is 9.26. The van der Waals surface area contributed by atoms with Crippen molar-refractivity contribution in [3.8, 4) is 11.5 Å². The first-order valence-electron chi connectivity index (χ1n) is 7.10. The Morgan fingerprint density at radius 1 is 1.16 bits per heavy atom. The molecule has 1 aliphatic rings. The van der Waals surface area contributed by atoms with Gasteiger partial charge in [-0.25, -0.2) is 0 Å². The highest BCUT2D eigenvalue weighted by Gasteiger charge is 2.17. The average Bonchev–Trinajstić information content (AvgIpc) is 2.94. The second-order valence-electron chi connectivity index (χ2n) is 4.72. The van der Waals surface area contributed by atoms with Gasteiger partial charge in [0.1, 0.15) is 0 Å². The zero-order valence-electron chi connectivity index (χ0n) is 11.8. The highest BCUT2D eigenvalue weighted by Crippen LogP contribution is 2.34. The summed E-state index contributed by atoms with van der Waals surface area (Å²) in [6.07, 6.45) is 5.75. The van der Waals surface area contributed by atoms with E-state index in [1.165, 1.54) is 12.0 Å². The molecule has 0 amide bonds. The first-order valence-corrected chi connectivity index (χ1v) is 7.10. The highest BCUT2D eigenvalue weighted by molar-refractivity contribution is 5.45. The molecule has 0 fully saturated rings. The van der Waals surface area contributed by atoms with Crippen molar-refractivity contribution in [2.45, 2.75) is 39.2 Å². The summed E-state index contributed by atoms with van der Waals surface area (Å²) >= 11 is 0. The Morgan fingerprint density at radius 2 is 1.89 bits per heavy atom. The van der Waals surface area contributed by atoms with Gasteiger partial charge in [-0.2, -0.15) is 0 Å². The molecule has 3 nitrogen and oxygen atoms in total. The monoisotopic (exact) mass is 261 g/mol. The van der Waals surface area contributed by atoms with Crippen molar-refractivity contribution in [3.63, 3.8) is 0 Å². The fourth-order valence-electron chi connectivity index (χ4n) is 2.45. The number of hydrogen-bond donors (Lipinski definition) is 1. The van der Waals surface area contributed by atoms with Gasteiger partial charge in [0.15, 0.2) is 11.5 Å². The summed E-state index contributed by atoms with van der Waals surface area (Å²) in [5.41, 5.74) is 8.76. The molecule has 1 unspecified atom stereocenters. The van der Waals surface area contributed by atoms with Gasteiger partial charge < -0.3 is 15.2 Å². The number of ether oxygens (including phenoxy) is 2. The van der Waals surface area contributed by atoms with Crippen LogP contribution < -0.4 is 15.2 Å². The summed E-state index contributed by atoms with van der Waals surface area (Å²) in [5, 5.41) is 0. The number of allylic oxidation sites excluding steroid dienone is 1. The number of rotatable bonds is 6. The minimum Gasteiger partial charge on any atom is -0.490 e. The molecule has 1 atom stereocenters. The zero-order valence-corrected chi connectivity index (χ0v) is 11.8. The van der Waals surface area contributed by atoms with Gasteiger partial charge in [0.2, 0.25) is 0 Å². The smallest absolute Gasteiger partial charge is 0.161 e. The number of nitrogens with two attached hydrogens (primary N) is 1. The van der Waals surface area contributed by atoms with E-state index in [0.29, 0.717) is 13.2 Å². The molecule has 0 radical (unpaired) electrons. The van der Waals surface area contributed by atoms with E-state index in [1.807, 2.05) is 32.0 Å². The molecule has 1 aromatic rings. The average molecular weight is 261 g/mol. The molecule has 0 heterocycles. The van der Waals surface area contributed by atoms with E-state index < -0.39 is 0 Å². The second kappa shape index (κ2) is 6.62. The van der Waals surface area contributed by atoms with Gasteiger partial charge in [-0.05, 0) is 50.8 Å². The molecule has 3 heteroatoms. The maximum absolute atomic E-state index is 6.32. The Bertz CT molecular complexity index is 454. The zero-order chi connectivity index (χ0) is 13.7. The minimum absolute atomic E-state index is 0.0163. The number of benzene rings is 1. The number of hydrogen-bond acceptors (Lipinski definition) is 3. The lowest BCUT2D eigenvalue weighted by molar-refractivity contribution is 0.287. The van der Waals surface area contributed by atoms with E-state index >= 15 is 0 Å². The van der Waals surface area contributed by atoms with Crippen molar-refractivity contribution in [3.05, 3.63) is 35.4 Å². The van der Waals surface area contributed by atoms with E-state index in [1.54, 1.807) is 0 Å². The van der Waals surface area contributed by atoms with Gasteiger partial charge in [0.25, 0.3) is 0 Å². The van der Waals surface area contributed by atoms with Crippen LogP contribution in [-0.2, 0) is 0 Å². The van der Waals surface area contributed by atoms with E-state index in [0.717, 1.165) is 29.9 Å². The van der Waals surface area contributed by atoms with Gasteiger partial charge in [-0.1, -0.05) is 17.7 Å². The molecule has 2 rings (SSSR count). The second-order valence-corrected chi connectivity index (χ2v) is 4.72. The van der Waals surface area contributed by atoms with Crippen molar-refractivity contribution in [1.29, 1.82) is 0 Å². The quantitative estimate of drug-likeness (QED) is 0.796. The molecule has 0 saturated carbocycles. The van der Waals surface area contributed by atoms with Crippen LogP contribution in [0.25, 0.3) is 0 Å². The summed E-state index contributed by atoms with van der Waals surface area (Å²) in [7, 11) is 0. The third kappa shape index (κ3) is 3.29. The van der Waals surface area contributed by atoms with Crippen molar-refractivity contribution < 1.29 is 9.47 Å². The fourth-order valence-corrected chi connectivity index (χ4v) is 2.45. The standard InChI is InChI=1S/C16H23NO2/c1-3-18-14-10-9-13(11-15(14)19-4-2)16(17)12-7-5-6-8-12/h7,9-11,16H,3-6,8,17H2,1-2H3. The van der Waals surface area contributed by atoms with Gasteiger partial charge in [-0.3, -0.25) is 0 Å². The van der Waals surface area contributed by atoms with Crippen molar-refractivity contribution >= 4 is 0 Å². The fraction of sp³-hybridized carbons (Fsp3) is 0.500. The largest absolute Gasteiger partial charge is 0.490 e. The van der Waals surface area contributed by atoms with Crippen molar-refractivity contribution in [2.75, 3.05) is 13.2 Å². The first kappa shape index (κ1) is 13.9. The third-order valence-corrected chi connectivity index (χ3v) is 3.40. The van der Waals surface area contributed by atoms with Crippen LogP contribution >= 0.6 is 0 Å². The van der Waals surface area contributed by atoms with Crippen LogP contribution in [0.4, 0.5) is 0 Å². The Kier molecular flexibility index (Phi) is 4.86. The Balaban J connectivity index is 2.23. The molecule has 0 bridgehead atoms. The Labute approximate surface area is 115 Å². The van der Waals surface area contributed by atoms with Crippen LogP contribution in [0.2, 0.25) is 0 Å². The van der Waals surface area contributed by atoms with Crippen molar-refractivity contribution in [1.82, 2.24) is 0 Å². The van der Waals surface area contributed by atoms with Gasteiger partial charge in [-0.15, -0.1) is 0 Å². The molecule has 2 N–H and O–H groups in total. The lowest BCUT2D eigenvalue weighted by atomic mass is 9.99.